The lowest BCUT2D eigenvalue weighted by Gasteiger charge is -2.38. The summed E-state index contributed by atoms with van der Waals surface area (Å²) >= 11 is 0. The molecule has 1 aliphatic carbocycles. The minimum Gasteiger partial charge on any atom is -0.364 e. The largest absolute Gasteiger partial charge is 0.364 e. The van der Waals surface area contributed by atoms with Gasteiger partial charge in [0.05, 0.1) is 18.3 Å². The number of pyridine rings is 1. The third kappa shape index (κ3) is 3.87. The van der Waals surface area contributed by atoms with Gasteiger partial charge in [-0.3, -0.25) is 9.78 Å². The molecule has 2 aliphatic heterocycles. The molecular weight excluding hydrogens is 314 g/mol. The molecule has 0 radical (unpaired) electrons. The molecule has 25 heavy (non-hydrogen) atoms. The summed E-state index contributed by atoms with van der Waals surface area (Å²) in [5, 5.41) is 0. The van der Waals surface area contributed by atoms with E-state index in [0.29, 0.717) is 12.5 Å². The highest BCUT2D eigenvalue weighted by Crippen LogP contribution is 2.35. The first-order valence-corrected chi connectivity index (χ1v) is 9.72. The second kappa shape index (κ2) is 7.42. The molecule has 4 rings (SSSR count). The molecule has 2 saturated heterocycles. The lowest BCUT2D eigenvalue weighted by atomic mass is 9.84. The van der Waals surface area contributed by atoms with Crippen molar-refractivity contribution in [2.24, 2.45) is 11.8 Å². The highest BCUT2D eigenvalue weighted by Gasteiger charge is 2.43. The molecule has 0 spiro atoms. The zero-order valence-electron chi connectivity index (χ0n) is 15.1. The molecule has 3 atom stereocenters. The van der Waals surface area contributed by atoms with Gasteiger partial charge in [0, 0.05) is 26.3 Å². The van der Waals surface area contributed by atoms with Gasteiger partial charge in [-0.2, -0.15) is 0 Å². The molecule has 136 valence electrons. The summed E-state index contributed by atoms with van der Waals surface area (Å²) < 4.78 is 6.20. The minimum absolute atomic E-state index is 0.102. The van der Waals surface area contributed by atoms with Crippen molar-refractivity contribution in [3.05, 3.63) is 30.1 Å². The monoisotopic (exact) mass is 343 g/mol. The molecule has 5 heteroatoms. The second-order valence-corrected chi connectivity index (χ2v) is 8.02. The van der Waals surface area contributed by atoms with E-state index in [-0.39, 0.29) is 18.1 Å². The number of hydrogen-bond donors (Lipinski definition) is 0. The lowest BCUT2D eigenvalue weighted by molar-refractivity contribution is -0.143. The van der Waals surface area contributed by atoms with E-state index in [4.69, 9.17) is 4.74 Å². The van der Waals surface area contributed by atoms with Crippen LogP contribution in [-0.2, 0) is 16.1 Å². The molecule has 0 unspecified atom stereocenters. The quantitative estimate of drug-likeness (QED) is 0.823. The maximum absolute atomic E-state index is 12.8. The van der Waals surface area contributed by atoms with E-state index in [2.05, 4.69) is 9.88 Å². The fourth-order valence-electron chi connectivity index (χ4n) is 4.42. The molecule has 3 fully saturated rings. The van der Waals surface area contributed by atoms with Gasteiger partial charge < -0.3 is 14.5 Å². The van der Waals surface area contributed by atoms with Crippen LogP contribution in [0.4, 0.5) is 0 Å². The van der Waals surface area contributed by atoms with Crippen LogP contribution in [0.5, 0.6) is 0 Å². The average Bonchev–Trinajstić information content (AvgIpc) is 3.01. The van der Waals surface area contributed by atoms with Crippen LogP contribution in [-0.4, -0.2) is 59.6 Å². The van der Waals surface area contributed by atoms with Crippen LogP contribution in [0.25, 0.3) is 0 Å². The molecule has 1 saturated carbocycles. The number of carbonyl (C=O) groups excluding carboxylic acids is 1. The van der Waals surface area contributed by atoms with Gasteiger partial charge in [-0.15, -0.1) is 0 Å². The number of amides is 1. The highest BCUT2D eigenvalue weighted by molar-refractivity contribution is 5.81. The summed E-state index contributed by atoms with van der Waals surface area (Å²) in [5.74, 6) is 1.56. The zero-order chi connectivity index (χ0) is 17.2. The maximum Gasteiger partial charge on any atom is 0.251 e. The van der Waals surface area contributed by atoms with E-state index in [1.54, 1.807) is 11.1 Å². The van der Waals surface area contributed by atoms with Gasteiger partial charge in [-0.1, -0.05) is 12.5 Å². The van der Waals surface area contributed by atoms with Crippen molar-refractivity contribution in [1.82, 2.24) is 14.8 Å². The molecule has 0 bridgehead atoms. The van der Waals surface area contributed by atoms with Crippen LogP contribution in [0.3, 0.4) is 0 Å². The van der Waals surface area contributed by atoms with Crippen molar-refractivity contribution < 1.29 is 9.53 Å². The second-order valence-electron chi connectivity index (χ2n) is 8.02. The Morgan fingerprint density at radius 3 is 2.96 bits per heavy atom. The molecule has 3 aliphatic rings. The Labute approximate surface area is 150 Å². The molecule has 1 amide bonds. The van der Waals surface area contributed by atoms with Crippen LogP contribution in [0, 0.1) is 11.8 Å². The number of likely N-dealkylation sites (N-methyl/N-ethyl adjacent to an activating group) is 1. The SMILES string of the molecule is CN(Cc1ccccn1)C(=O)[C@@H]1C[C@H]2CCN(CC3CCC3)C[C@H]2O1. The molecule has 1 aromatic rings. The molecule has 0 aromatic carbocycles. The smallest absolute Gasteiger partial charge is 0.251 e. The van der Waals surface area contributed by atoms with Crippen LogP contribution < -0.4 is 0 Å². The Hall–Kier alpha value is -1.46. The fourth-order valence-corrected chi connectivity index (χ4v) is 4.42. The van der Waals surface area contributed by atoms with E-state index in [1.165, 1.54) is 38.8 Å². The van der Waals surface area contributed by atoms with Gasteiger partial charge in [0.15, 0.2) is 0 Å². The third-order valence-electron chi connectivity index (χ3n) is 6.15. The van der Waals surface area contributed by atoms with Gasteiger partial charge in [0.2, 0.25) is 0 Å². The first kappa shape index (κ1) is 17.0. The predicted molar refractivity (Wildman–Crippen MR) is 95.9 cm³/mol. The molecule has 0 N–H and O–H groups in total. The van der Waals surface area contributed by atoms with E-state index >= 15 is 0 Å². The Bertz CT molecular complexity index is 590. The number of hydrogen-bond acceptors (Lipinski definition) is 4. The summed E-state index contributed by atoms with van der Waals surface area (Å²) in [4.78, 5) is 21.4. The van der Waals surface area contributed by atoms with Gasteiger partial charge in [0.25, 0.3) is 5.91 Å². The topological polar surface area (TPSA) is 45.7 Å². The Morgan fingerprint density at radius 2 is 2.24 bits per heavy atom. The first-order valence-electron chi connectivity index (χ1n) is 9.72. The van der Waals surface area contributed by atoms with Crippen LogP contribution >= 0.6 is 0 Å². The van der Waals surface area contributed by atoms with Gasteiger partial charge in [0.1, 0.15) is 6.10 Å². The fraction of sp³-hybridized carbons (Fsp3) is 0.700. The molecule has 3 heterocycles. The maximum atomic E-state index is 12.8. The summed E-state index contributed by atoms with van der Waals surface area (Å²) in [7, 11) is 1.85. The molecule has 1 aromatic heterocycles. The van der Waals surface area contributed by atoms with E-state index in [0.717, 1.165) is 24.6 Å². The van der Waals surface area contributed by atoms with E-state index < -0.39 is 0 Å². The average molecular weight is 343 g/mol. The van der Waals surface area contributed by atoms with Gasteiger partial charge in [-0.25, -0.2) is 0 Å². The van der Waals surface area contributed by atoms with Crippen LogP contribution in [0.15, 0.2) is 24.4 Å². The summed E-state index contributed by atoms with van der Waals surface area (Å²) in [5.41, 5.74) is 0.917. The van der Waals surface area contributed by atoms with Gasteiger partial charge in [-0.05, 0) is 56.2 Å². The Morgan fingerprint density at radius 1 is 1.36 bits per heavy atom. The standard InChI is InChI=1S/C20H29N3O2/c1-22(13-17-7-2-3-9-21-17)20(24)18-11-16-8-10-23(14-19(16)25-18)12-15-5-4-6-15/h2-3,7,9,15-16,18-19H,4-6,8,10-14H2,1H3/t16-,18+,19-/m1/s1. The number of ether oxygens (including phenoxy) is 1. The van der Waals surface area contributed by atoms with E-state index in [1.807, 2.05) is 25.2 Å². The number of fused-ring (bicyclic) bond motifs is 1. The van der Waals surface area contributed by atoms with Crippen molar-refractivity contribution in [1.29, 1.82) is 0 Å². The van der Waals surface area contributed by atoms with E-state index in [9.17, 15) is 4.79 Å². The zero-order valence-corrected chi connectivity index (χ0v) is 15.1. The predicted octanol–water partition coefficient (Wildman–Crippen LogP) is 2.32. The lowest BCUT2D eigenvalue weighted by Crippen LogP contribution is -2.45. The molecule has 5 nitrogen and oxygen atoms in total. The number of likely N-dealkylation sites (tertiary alicyclic amines) is 1. The number of nitrogens with zero attached hydrogens (tertiary/aromatic N) is 3. The first-order chi connectivity index (χ1) is 12.2. The van der Waals surface area contributed by atoms with Crippen LogP contribution in [0.1, 0.15) is 37.8 Å². The Balaban J connectivity index is 1.29. The number of rotatable bonds is 5. The van der Waals surface area contributed by atoms with Crippen molar-refractivity contribution in [2.75, 3.05) is 26.7 Å². The summed E-state index contributed by atoms with van der Waals surface area (Å²) in [6, 6.07) is 5.81. The normalized spacial score (nSPS) is 29.9. The van der Waals surface area contributed by atoms with Crippen LogP contribution in [0.2, 0.25) is 0 Å². The van der Waals surface area contributed by atoms with Gasteiger partial charge >= 0.3 is 0 Å². The third-order valence-corrected chi connectivity index (χ3v) is 6.15. The van der Waals surface area contributed by atoms with Crippen molar-refractivity contribution in [3.63, 3.8) is 0 Å². The van der Waals surface area contributed by atoms with Crippen molar-refractivity contribution >= 4 is 5.91 Å². The number of aromatic nitrogens is 1. The highest BCUT2D eigenvalue weighted by atomic mass is 16.5. The van der Waals surface area contributed by atoms with Crippen molar-refractivity contribution in [3.8, 4) is 0 Å². The summed E-state index contributed by atoms with van der Waals surface area (Å²) in [6.07, 6.45) is 7.98. The number of piperidine rings is 1. The minimum atomic E-state index is -0.271. The van der Waals surface area contributed by atoms with Crippen molar-refractivity contribution in [2.45, 2.75) is 50.9 Å². The molecular formula is C20H29N3O2. The number of carbonyl (C=O) groups is 1. The Kier molecular flexibility index (Phi) is 5.04. The summed E-state index contributed by atoms with van der Waals surface area (Å²) in [6.45, 7) is 3.95.